The number of rotatable bonds is 2. The zero-order valence-electron chi connectivity index (χ0n) is 8.29. The SMILES string of the molecule is CC1(C)CCCN1Cc1cocn1. The second-order valence-corrected chi connectivity index (χ2v) is 4.32. The molecular weight excluding hydrogens is 164 g/mol. The number of hydrogen-bond acceptors (Lipinski definition) is 3. The second-order valence-electron chi connectivity index (χ2n) is 4.32. The van der Waals surface area contributed by atoms with Crippen molar-refractivity contribution < 1.29 is 4.42 Å². The van der Waals surface area contributed by atoms with Crippen molar-refractivity contribution in [2.45, 2.75) is 38.8 Å². The summed E-state index contributed by atoms with van der Waals surface area (Å²) in [5, 5.41) is 0. The molecule has 0 atom stereocenters. The van der Waals surface area contributed by atoms with Gasteiger partial charge in [0.05, 0.1) is 5.69 Å². The molecule has 3 nitrogen and oxygen atoms in total. The lowest BCUT2D eigenvalue weighted by atomic mass is 10.0. The lowest BCUT2D eigenvalue weighted by Gasteiger charge is -2.30. The maximum atomic E-state index is 4.96. The molecule has 72 valence electrons. The third-order valence-electron chi connectivity index (χ3n) is 2.91. The molecule has 1 saturated heterocycles. The quantitative estimate of drug-likeness (QED) is 0.697. The molecule has 1 aliphatic heterocycles. The summed E-state index contributed by atoms with van der Waals surface area (Å²) in [6, 6.07) is 0. The molecule has 0 spiro atoms. The number of aromatic nitrogens is 1. The van der Waals surface area contributed by atoms with Crippen LogP contribution in [-0.4, -0.2) is 22.0 Å². The van der Waals surface area contributed by atoms with E-state index in [9.17, 15) is 0 Å². The fourth-order valence-corrected chi connectivity index (χ4v) is 1.97. The fourth-order valence-electron chi connectivity index (χ4n) is 1.97. The van der Waals surface area contributed by atoms with Crippen LogP contribution in [0.1, 0.15) is 32.4 Å². The average Bonchev–Trinajstić information content (AvgIpc) is 2.63. The van der Waals surface area contributed by atoms with Crippen LogP contribution in [0.2, 0.25) is 0 Å². The Morgan fingerprint density at radius 2 is 2.46 bits per heavy atom. The molecule has 1 aromatic heterocycles. The van der Waals surface area contributed by atoms with Crippen molar-refractivity contribution in [3.63, 3.8) is 0 Å². The van der Waals surface area contributed by atoms with Crippen LogP contribution in [0, 0.1) is 0 Å². The van der Waals surface area contributed by atoms with Gasteiger partial charge in [-0.05, 0) is 33.2 Å². The minimum Gasteiger partial charge on any atom is -0.451 e. The van der Waals surface area contributed by atoms with Crippen LogP contribution in [0.15, 0.2) is 17.1 Å². The largest absolute Gasteiger partial charge is 0.451 e. The van der Waals surface area contributed by atoms with E-state index < -0.39 is 0 Å². The Kier molecular flexibility index (Phi) is 2.12. The predicted octanol–water partition coefficient (Wildman–Crippen LogP) is 2.05. The molecule has 0 aliphatic carbocycles. The molecule has 0 saturated carbocycles. The van der Waals surface area contributed by atoms with Crippen LogP contribution in [0.25, 0.3) is 0 Å². The van der Waals surface area contributed by atoms with Crippen molar-refractivity contribution in [3.05, 3.63) is 18.4 Å². The summed E-state index contributed by atoms with van der Waals surface area (Å²) in [5.74, 6) is 0. The first-order valence-electron chi connectivity index (χ1n) is 4.81. The van der Waals surface area contributed by atoms with Crippen LogP contribution in [0.4, 0.5) is 0 Å². The first-order valence-corrected chi connectivity index (χ1v) is 4.81. The molecule has 3 heteroatoms. The van der Waals surface area contributed by atoms with Gasteiger partial charge in [-0.2, -0.15) is 0 Å². The molecule has 0 unspecified atom stereocenters. The Morgan fingerprint density at radius 3 is 3.00 bits per heavy atom. The van der Waals surface area contributed by atoms with E-state index in [2.05, 4.69) is 23.7 Å². The maximum absolute atomic E-state index is 4.96. The molecule has 0 amide bonds. The summed E-state index contributed by atoms with van der Waals surface area (Å²) >= 11 is 0. The normalized spacial score (nSPS) is 22.3. The third-order valence-corrected chi connectivity index (χ3v) is 2.91. The Bertz CT molecular complexity index is 266. The summed E-state index contributed by atoms with van der Waals surface area (Å²) < 4.78 is 4.96. The summed E-state index contributed by atoms with van der Waals surface area (Å²) in [4.78, 5) is 6.60. The summed E-state index contributed by atoms with van der Waals surface area (Å²) in [5.41, 5.74) is 1.37. The Labute approximate surface area is 78.8 Å². The van der Waals surface area contributed by atoms with E-state index in [0.717, 1.165) is 12.2 Å². The van der Waals surface area contributed by atoms with Crippen LogP contribution in [0.3, 0.4) is 0 Å². The molecule has 0 aromatic carbocycles. The molecule has 1 fully saturated rings. The zero-order chi connectivity index (χ0) is 9.31. The highest BCUT2D eigenvalue weighted by atomic mass is 16.3. The highest BCUT2D eigenvalue weighted by molar-refractivity contribution is 4.96. The Morgan fingerprint density at radius 1 is 1.62 bits per heavy atom. The number of oxazole rings is 1. The average molecular weight is 180 g/mol. The fraction of sp³-hybridized carbons (Fsp3) is 0.700. The Balaban J connectivity index is 2.02. The van der Waals surface area contributed by atoms with E-state index in [-0.39, 0.29) is 0 Å². The number of nitrogens with zero attached hydrogens (tertiary/aromatic N) is 2. The van der Waals surface area contributed by atoms with Crippen LogP contribution >= 0.6 is 0 Å². The minimum atomic E-state index is 0.332. The lowest BCUT2D eigenvalue weighted by Crippen LogP contribution is -2.37. The van der Waals surface area contributed by atoms with Gasteiger partial charge in [-0.3, -0.25) is 4.90 Å². The van der Waals surface area contributed by atoms with Gasteiger partial charge in [-0.25, -0.2) is 4.98 Å². The lowest BCUT2D eigenvalue weighted by molar-refractivity contribution is 0.164. The molecule has 0 bridgehead atoms. The van der Waals surface area contributed by atoms with E-state index in [4.69, 9.17) is 4.42 Å². The molecule has 13 heavy (non-hydrogen) atoms. The number of likely N-dealkylation sites (tertiary alicyclic amines) is 1. The molecular formula is C10H16N2O. The van der Waals surface area contributed by atoms with Crippen molar-refractivity contribution in [2.24, 2.45) is 0 Å². The Hall–Kier alpha value is -0.830. The minimum absolute atomic E-state index is 0.332. The van der Waals surface area contributed by atoms with Gasteiger partial charge in [0.15, 0.2) is 6.39 Å². The maximum Gasteiger partial charge on any atom is 0.180 e. The molecule has 0 radical (unpaired) electrons. The second kappa shape index (κ2) is 3.14. The van der Waals surface area contributed by atoms with Gasteiger partial charge in [0.25, 0.3) is 0 Å². The van der Waals surface area contributed by atoms with E-state index in [0.29, 0.717) is 5.54 Å². The molecule has 0 N–H and O–H groups in total. The van der Waals surface area contributed by atoms with Crippen molar-refractivity contribution >= 4 is 0 Å². The molecule has 2 rings (SSSR count). The van der Waals surface area contributed by atoms with Gasteiger partial charge in [0, 0.05) is 12.1 Å². The summed E-state index contributed by atoms with van der Waals surface area (Å²) in [7, 11) is 0. The van der Waals surface area contributed by atoms with Gasteiger partial charge in [0.1, 0.15) is 6.26 Å². The summed E-state index contributed by atoms with van der Waals surface area (Å²) in [6.07, 6.45) is 5.81. The van der Waals surface area contributed by atoms with Gasteiger partial charge in [-0.15, -0.1) is 0 Å². The monoisotopic (exact) mass is 180 g/mol. The first-order chi connectivity index (χ1) is 6.18. The topological polar surface area (TPSA) is 29.3 Å². The summed E-state index contributed by atoms with van der Waals surface area (Å²) in [6.45, 7) is 6.68. The van der Waals surface area contributed by atoms with E-state index in [1.54, 1.807) is 6.26 Å². The molecule has 1 aliphatic rings. The van der Waals surface area contributed by atoms with Crippen LogP contribution in [-0.2, 0) is 6.54 Å². The number of hydrogen-bond donors (Lipinski definition) is 0. The molecule has 2 heterocycles. The van der Waals surface area contributed by atoms with Crippen molar-refractivity contribution in [1.29, 1.82) is 0 Å². The van der Waals surface area contributed by atoms with Crippen LogP contribution in [0.5, 0.6) is 0 Å². The van der Waals surface area contributed by atoms with E-state index in [1.807, 2.05) is 0 Å². The van der Waals surface area contributed by atoms with Crippen molar-refractivity contribution in [2.75, 3.05) is 6.54 Å². The highest BCUT2D eigenvalue weighted by Crippen LogP contribution is 2.29. The van der Waals surface area contributed by atoms with E-state index >= 15 is 0 Å². The van der Waals surface area contributed by atoms with Gasteiger partial charge < -0.3 is 4.42 Å². The highest BCUT2D eigenvalue weighted by Gasteiger charge is 2.31. The van der Waals surface area contributed by atoms with Gasteiger partial charge in [-0.1, -0.05) is 0 Å². The van der Waals surface area contributed by atoms with Crippen molar-refractivity contribution in [3.8, 4) is 0 Å². The van der Waals surface area contributed by atoms with Gasteiger partial charge >= 0.3 is 0 Å². The third kappa shape index (κ3) is 1.75. The standard InChI is InChI=1S/C10H16N2O/c1-10(2)4-3-5-12(10)6-9-7-13-8-11-9/h7-8H,3-6H2,1-2H3. The predicted molar refractivity (Wildman–Crippen MR) is 50.2 cm³/mol. The van der Waals surface area contributed by atoms with Crippen molar-refractivity contribution in [1.82, 2.24) is 9.88 Å². The molecule has 1 aromatic rings. The van der Waals surface area contributed by atoms with E-state index in [1.165, 1.54) is 25.8 Å². The zero-order valence-corrected chi connectivity index (χ0v) is 8.29. The van der Waals surface area contributed by atoms with Gasteiger partial charge in [0.2, 0.25) is 0 Å². The smallest absolute Gasteiger partial charge is 0.180 e. The van der Waals surface area contributed by atoms with Crippen LogP contribution < -0.4 is 0 Å². The first kappa shape index (κ1) is 8.75.